The number of hydrogen-bond donors (Lipinski definition) is 1. The number of amides is 3. The van der Waals surface area contributed by atoms with Gasteiger partial charge in [-0.25, -0.2) is 4.79 Å². The van der Waals surface area contributed by atoms with Crippen molar-refractivity contribution in [1.82, 2.24) is 5.32 Å². The number of urea groups is 1. The SMILES string of the molecule is CCCCCC(=O)c1ccc(N2C(=O)NC(=O)C2CCCc2ccc(C=O)s2)cc1. The van der Waals surface area contributed by atoms with Crippen LogP contribution in [0, 0.1) is 0 Å². The van der Waals surface area contributed by atoms with E-state index in [1.165, 1.54) is 16.2 Å². The Balaban J connectivity index is 1.63. The molecule has 1 fully saturated rings. The Morgan fingerprint density at radius 2 is 1.87 bits per heavy atom. The van der Waals surface area contributed by atoms with E-state index in [-0.39, 0.29) is 11.7 Å². The van der Waals surface area contributed by atoms with Crippen molar-refractivity contribution < 1.29 is 19.2 Å². The Kier molecular flexibility index (Phi) is 7.52. The summed E-state index contributed by atoms with van der Waals surface area (Å²) in [5, 5.41) is 2.39. The molecular formula is C23H26N2O4S. The largest absolute Gasteiger partial charge is 0.329 e. The summed E-state index contributed by atoms with van der Waals surface area (Å²) in [4.78, 5) is 51.0. The van der Waals surface area contributed by atoms with Crippen molar-refractivity contribution in [3.63, 3.8) is 0 Å². The highest BCUT2D eigenvalue weighted by molar-refractivity contribution is 7.13. The van der Waals surface area contributed by atoms with Crippen molar-refractivity contribution in [2.75, 3.05) is 4.90 Å². The lowest BCUT2D eigenvalue weighted by Gasteiger charge is -2.22. The summed E-state index contributed by atoms with van der Waals surface area (Å²) >= 11 is 1.44. The number of anilines is 1. The van der Waals surface area contributed by atoms with Gasteiger partial charge in [-0.3, -0.25) is 24.6 Å². The molecule has 6 nitrogen and oxygen atoms in total. The average Bonchev–Trinajstić information content (AvgIpc) is 3.32. The number of benzene rings is 1. The molecule has 2 heterocycles. The van der Waals surface area contributed by atoms with E-state index < -0.39 is 12.1 Å². The lowest BCUT2D eigenvalue weighted by atomic mass is 10.0. The molecule has 1 saturated heterocycles. The van der Waals surface area contributed by atoms with Gasteiger partial charge in [-0.1, -0.05) is 19.8 Å². The molecule has 1 aromatic heterocycles. The predicted octanol–water partition coefficient (Wildman–Crippen LogP) is 4.77. The first-order chi connectivity index (χ1) is 14.5. The van der Waals surface area contributed by atoms with Crippen LogP contribution in [0.25, 0.3) is 0 Å². The van der Waals surface area contributed by atoms with Crippen LogP contribution in [0.3, 0.4) is 0 Å². The van der Waals surface area contributed by atoms with E-state index in [2.05, 4.69) is 12.2 Å². The molecule has 1 aromatic carbocycles. The monoisotopic (exact) mass is 426 g/mol. The Hall–Kier alpha value is -2.80. The summed E-state index contributed by atoms with van der Waals surface area (Å²) in [6.07, 6.45) is 6.30. The standard InChI is InChI=1S/C23H26N2O4S/c1-2-3-4-8-21(27)16-9-11-17(12-10-16)25-20(22(28)24-23(25)29)7-5-6-18-13-14-19(15-26)30-18/h9-15,20H,2-8H2,1H3,(H,24,28,29). The number of carbonyl (C=O) groups is 4. The van der Waals surface area contributed by atoms with Crippen LogP contribution in [0.15, 0.2) is 36.4 Å². The molecule has 158 valence electrons. The number of thiophene rings is 1. The third kappa shape index (κ3) is 5.21. The maximum absolute atomic E-state index is 12.4. The van der Waals surface area contributed by atoms with Gasteiger partial charge in [-0.2, -0.15) is 0 Å². The molecule has 0 spiro atoms. The Morgan fingerprint density at radius 1 is 1.10 bits per heavy atom. The van der Waals surface area contributed by atoms with E-state index in [9.17, 15) is 19.2 Å². The van der Waals surface area contributed by atoms with Crippen LogP contribution >= 0.6 is 11.3 Å². The molecule has 3 amide bonds. The number of aryl methyl sites for hydroxylation is 1. The summed E-state index contributed by atoms with van der Waals surface area (Å²) in [6, 6.07) is 9.60. The van der Waals surface area contributed by atoms with Crippen molar-refractivity contribution >= 4 is 41.0 Å². The first kappa shape index (κ1) is 21.9. The van der Waals surface area contributed by atoms with Crippen LogP contribution in [-0.2, 0) is 11.2 Å². The van der Waals surface area contributed by atoms with Gasteiger partial charge in [0.15, 0.2) is 12.1 Å². The van der Waals surface area contributed by atoms with Gasteiger partial charge in [0, 0.05) is 22.5 Å². The van der Waals surface area contributed by atoms with Gasteiger partial charge < -0.3 is 0 Å². The highest BCUT2D eigenvalue weighted by Crippen LogP contribution is 2.26. The lowest BCUT2D eigenvalue weighted by molar-refractivity contribution is -0.120. The second-order valence-corrected chi connectivity index (χ2v) is 8.62. The highest BCUT2D eigenvalue weighted by atomic mass is 32.1. The molecule has 3 rings (SSSR count). The fourth-order valence-corrected chi connectivity index (χ4v) is 4.48. The topological polar surface area (TPSA) is 83.6 Å². The number of nitrogens with zero attached hydrogens (tertiary/aromatic N) is 1. The van der Waals surface area contributed by atoms with Gasteiger partial charge in [0.05, 0.1) is 4.88 Å². The molecule has 1 aliphatic rings. The number of nitrogens with one attached hydrogen (secondary N) is 1. The molecule has 0 bridgehead atoms. The van der Waals surface area contributed by atoms with Gasteiger partial charge >= 0.3 is 6.03 Å². The molecule has 1 unspecified atom stereocenters. The first-order valence-electron chi connectivity index (χ1n) is 10.3. The molecule has 7 heteroatoms. The third-order valence-corrected chi connectivity index (χ3v) is 6.31. The molecule has 0 saturated carbocycles. The second-order valence-electron chi connectivity index (χ2n) is 7.42. The minimum Gasteiger partial charge on any atom is -0.297 e. The number of imide groups is 1. The third-order valence-electron chi connectivity index (χ3n) is 5.24. The van der Waals surface area contributed by atoms with Crippen LogP contribution in [-0.4, -0.2) is 30.0 Å². The zero-order valence-corrected chi connectivity index (χ0v) is 17.9. The summed E-state index contributed by atoms with van der Waals surface area (Å²) in [5.74, 6) is -0.210. The van der Waals surface area contributed by atoms with E-state index in [4.69, 9.17) is 0 Å². The number of unbranched alkanes of at least 4 members (excludes halogenated alkanes) is 2. The lowest BCUT2D eigenvalue weighted by Crippen LogP contribution is -2.35. The van der Waals surface area contributed by atoms with Crippen LogP contribution < -0.4 is 10.2 Å². The number of aldehydes is 1. The number of ketones is 1. The van der Waals surface area contributed by atoms with E-state index in [1.807, 2.05) is 6.07 Å². The zero-order chi connectivity index (χ0) is 21.5. The maximum atomic E-state index is 12.4. The van der Waals surface area contributed by atoms with E-state index in [0.717, 1.165) is 36.8 Å². The fourth-order valence-electron chi connectivity index (χ4n) is 3.61. The van der Waals surface area contributed by atoms with Crippen molar-refractivity contribution in [1.29, 1.82) is 0 Å². The maximum Gasteiger partial charge on any atom is 0.329 e. The Bertz CT molecular complexity index is 920. The van der Waals surface area contributed by atoms with Crippen molar-refractivity contribution in [3.05, 3.63) is 51.7 Å². The van der Waals surface area contributed by atoms with Crippen LogP contribution in [0.2, 0.25) is 0 Å². The smallest absolute Gasteiger partial charge is 0.297 e. The highest BCUT2D eigenvalue weighted by Gasteiger charge is 2.38. The Labute approximate surface area is 180 Å². The number of carbonyl (C=O) groups excluding carboxylic acids is 4. The van der Waals surface area contributed by atoms with Crippen LogP contribution in [0.5, 0.6) is 0 Å². The molecule has 0 radical (unpaired) electrons. The molecule has 30 heavy (non-hydrogen) atoms. The first-order valence-corrected chi connectivity index (χ1v) is 11.2. The Morgan fingerprint density at radius 3 is 2.53 bits per heavy atom. The van der Waals surface area contributed by atoms with E-state index in [1.54, 1.807) is 30.3 Å². The van der Waals surface area contributed by atoms with Crippen molar-refractivity contribution in [2.24, 2.45) is 0 Å². The minimum atomic E-state index is -0.575. The van der Waals surface area contributed by atoms with Crippen LogP contribution in [0.1, 0.15) is 70.4 Å². The number of rotatable bonds is 11. The van der Waals surface area contributed by atoms with E-state index in [0.29, 0.717) is 35.4 Å². The predicted molar refractivity (Wildman–Crippen MR) is 117 cm³/mol. The summed E-state index contributed by atoms with van der Waals surface area (Å²) in [7, 11) is 0. The van der Waals surface area contributed by atoms with E-state index >= 15 is 0 Å². The summed E-state index contributed by atoms with van der Waals surface area (Å²) in [6.45, 7) is 2.10. The zero-order valence-electron chi connectivity index (χ0n) is 17.1. The normalized spacial score (nSPS) is 16.0. The van der Waals surface area contributed by atoms with Crippen molar-refractivity contribution in [2.45, 2.75) is 57.9 Å². The minimum absolute atomic E-state index is 0.0964. The van der Waals surface area contributed by atoms with Crippen molar-refractivity contribution in [3.8, 4) is 0 Å². The van der Waals surface area contributed by atoms with Gasteiger partial charge in [-0.15, -0.1) is 11.3 Å². The van der Waals surface area contributed by atoms with Gasteiger partial charge in [0.2, 0.25) is 0 Å². The average molecular weight is 427 g/mol. The molecule has 1 aliphatic heterocycles. The number of hydrogen-bond acceptors (Lipinski definition) is 5. The van der Waals surface area contributed by atoms with Gasteiger partial charge in [-0.05, 0) is 62.1 Å². The van der Waals surface area contributed by atoms with Crippen LogP contribution in [0.4, 0.5) is 10.5 Å². The molecule has 2 aromatic rings. The number of Topliss-reactive ketones (excluding diaryl/α,β-unsaturated/α-hetero) is 1. The quantitative estimate of drug-likeness (QED) is 0.243. The second kappa shape index (κ2) is 10.3. The van der Waals surface area contributed by atoms with Gasteiger partial charge in [0.1, 0.15) is 6.04 Å². The summed E-state index contributed by atoms with van der Waals surface area (Å²) in [5.41, 5.74) is 1.23. The molecule has 1 N–H and O–H groups in total. The fraction of sp³-hybridized carbons (Fsp3) is 0.391. The van der Waals surface area contributed by atoms with Gasteiger partial charge in [0.25, 0.3) is 5.91 Å². The molecular weight excluding hydrogens is 400 g/mol. The molecule has 0 aliphatic carbocycles. The summed E-state index contributed by atoms with van der Waals surface area (Å²) < 4.78 is 0. The molecule has 1 atom stereocenters.